The molecule has 3 N–H and O–H groups in total. The Kier molecular flexibility index (Phi) is 6.27. The largest absolute Gasteiger partial charge is 0.480 e. The molecule has 114 valence electrons. The molecule has 0 aromatic rings. The second-order valence-corrected chi connectivity index (χ2v) is 5.57. The first-order valence-corrected chi connectivity index (χ1v) is 6.89. The Hall–Kier alpha value is -1.79. The highest BCUT2D eigenvalue weighted by Gasteiger charge is 2.28. The number of carbonyl (C=O) groups is 3. The van der Waals surface area contributed by atoms with Crippen molar-refractivity contribution in [2.75, 3.05) is 26.2 Å². The molecular formula is C13H23N3O4. The van der Waals surface area contributed by atoms with Gasteiger partial charge in [-0.2, -0.15) is 0 Å². The molecule has 0 aliphatic heterocycles. The van der Waals surface area contributed by atoms with Gasteiger partial charge in [0.1, 0.15) is 6.54 Å². The van der Waals surface area contributed by atoms with Crippen molar-refractivity contribution >= 4 is 17.9 Å². The maximum atomic E-state index is 11.9. The first kappa shape index (κ1) is 16.3. The lowest BCUT2D eigenvalue weighted by Crippen LogP contribution is -2.47. The fourth-order valence-corrected chi connectivity index (χ4v) is 1.64. The van der Waals surface area contributed by atoms with Crippen molar-refractivity contribution in [2.24, 2.45) is 11.8 Å². The molecular weight excluding hydrogens is 262 g/mol. The zero-order valence-electron chi connectivity index (χ0n) is 12.0. The molecule has 0 saturated heterocycles. The van der Waals surface area contributed by atoms with Gasteiger partial charge in [-0.1, -0.05) is 13.8 Å². The summed E-state index contributed by atoms with van der Waals surface area (Å²) in [4.78, 5) is 35.3. The summed E-state index contributed by atoms with van der Waals surface area (Å²) >= 11 is 0. The Labute approximate surface area is 118 Å². The minimum atomic E-state index is -1.05. The lowest BCUT2D eigenvalue weighted by molar-refractivity contribution is -0.137. The molecule has 0 aromatic carbocycles. The predicted molar refractivity (Wildman–Crippen MR) is 73.2 cm³/mol. The second kappa shape index (κ2) is 7.72. The van der Waals surface area contributed by atoms with Crippen molar-refractivity contribution in [1.82, 2.24) is 15.5 Å². The number of nitrogens with zero attached hydrogens (tertiary/aromatic N) is 1. The van der Waals surface area contributed by atoms with Crippen LogP contribution in [0.3, 0.4) is 0 Å². The molecule has 0 atom stereocenters. The van der Waals surface area contributed by atoms with Gasteiger partial charge >= 0.3 is 12.0 Å². The van der Waals surface area contributed by atoms with Gasteiger partial charge in [-0.25, -0.2) is 4.79 Å². The van der Waals surface area contributed by atoms with Crippen molar-refractivity contribution in [3.63, 3.8) is 0 Å². The number of rotatable bonds is 8. The molecule has 7 heteroatoms. The van der Waals surface area contributed by atoms with Crippen LogP contribution in [0.2, 0.25) is 0 Å². The van der Waals surface area contributed by atoms with Gasteiger partial charge in [-0.15, -0.1) is 0 Å². The standard InChI is InChI=1S/C13H23N3O4/c1-9(2)5-14-11(17)6-15-13(20)16(8-12(18)19)7-10-3-4-10/h9-10H,3-8H2,1-2H3,(H,14,17)(H,15,20)(H,18,19). The van der Waals surface area contributed by atoms with Gasteiger partial charge in [0.05, 0.1) is 6.54 Å². The molecule has 0 radical (unpaired) electrons. The summed E-state index contributed by atoms with van der Waals surface area (Å²) in [7, 11) is 0. The van der Waals surface area contributed by atoms with Crippen molar-refractivity contribution in [2.45, 2.75) is 26.7 Å². The molecule has 20 heavy (non-hydrogen) atoms. The highest BCUT2D eigenvalue weighted by Crippen LogP contribution is 2.29. The van der Waals surface area contributed by atoms with Crippen LogP contribution in [-0.2, 0) is 9.59 Å². The first-order chi connectivity index (χ1) is 9.38. The van der Waals surface area contributed by atoms with Gasteiger partial charge in [0, 0.05) is 13.1 Å². The van der Waals surface area contributed by atoms with Crippen LogP contribution in [0.5, 0.6) is 0 Å². The molecule has 0 unspecified atom stereocenters. The molecule has 0 spiro atoms. The average Bonchev–Trinajstić information content (AvgIpc) is 3.15. The van der Waals surface area contributed by atoms with Gasteiger partial charge in [-0.3, -0.25) is 9.59 Å². The van der Waals surface area contributed by atoms with Crippen molar-refractivity contribution in [3.05, 3.63) is 0 Å². The minimum absolute atomic E-state index is 0.133. The fourth-order valence-electron chi connectivity index (χ4n) is 1.64. The molecule has 3 amide bonds. The van der Waals surface area contributed by atoms with Gasteiger partial charge < -0.3 is 20.6 Å². The molecule has 0 bridgehead atoms. The summed E-state index contributed by atoms with van der Waals surface area (Å²) in [5, 5.41) is 13.9. The summed E-state index contributed by atoms with van der Waals surface area (Å²) in [5.74, 6) is -0.582. The molecule has 7 nitrogen and oxygen atoms in total. The Morgan fingerprint density at radius 3 is 2.40 bits per heavy atom. The van der Waals surface area contributed by atoms with E-state index in [1.165, 1.54) is 4.90 Å². The third-order valence-electron chi connectivity index (χ3n) is 2.90. The lowest BCUT2D eigenvalue weighted by atomic mass is 10.2. The molecule has 1 saturated carbocycles. The topological polar surface area (TPSA) is 98.7 Å². The number of amides is 3. The van der Waals surface area contributed by atoms with E-state index in [2.05, 4.69) is 10.6 Å². The van der Waals surface area contributed by atoms with E-state index in [-0.39, 0.29) is 19.0 Å². The summed E-state index contributed by atoms with van der Waals surface area (Å²) < 4.78 is 0. The van der Waals surface area contributed by atoms with Crippen molar-refractivity contribution < 1.29 is 19.5 Å². The minimum Gasteiger partial charge on any atom is -0.480 e. The van der Waals surface area contributed by atoms with Gasteiger partial charge in [0.2, 0.25) is 5.91 Å². The highest BCUT2D eigenvalue weighted by molar-refractivity contribution is 5.85. The van der Waals surface area contributed by atoms with Crippen LogP contribution >= 0.6 is 0 Å². The van der Waals surface area contributed by atoms with Crippen LogP contribution in [0.15, 0.2) is 0 Å². The van der Waals surface area contributed by atoms with Crippen LogP contribution in [-0.4, -0.2) is 54.1 Å². The van der Waals surface area contributed by atoms with Crippen molar-refractivity contribution in [3.8, 4) is 0 Å². The maximum Gasteiger partial charge on any atom is 0.323 e. The smallest absolute Gasteiger partial charge is 0.323 e. The molecule has 1 fully saturated rings. The van der Waals surface area contributed by atoms with Crippen LogP contribution in [0.4, 0.5) is 4.79 Å². The van der Waals surface area contributed by atoms with E-state index < -0.39 is 12.0 Å². The van der Waals surface area contributed by atoms with Crippen LogP contribution in [0, 0.1) is 11.8 Å². The van der Waals surface area contributed by atoms with E-state index in [1.807, 2.05) is 13.8 Å². The lowest BCUT2D eigenvalue weighted by Gasteiger charge is -2.21. The number of carboxylic acid groups (broad SMARTS) is 1. The molecule has 0 heterocycles. The summed E-state index contributed by atoms with van der Waals surface area (Å²) in [5.41, 5.74) is 0. The quantitative estimate of drug-likeness (QED) is 0.596. The number of carbonyl (C=O) groups excluding carboxylic acids is 2. The third-order valence-corrected chi connectivity index (χ3v) is 2.90. The number of urea groups is 1. The van der Waals surface area contributed by atoms with E-state index >= 15 is 0 Å². The van der Waals surface area contributed by atoms with Crippen LogP contribution in [0.1, 0.15) is 26.7 Å². The zero-order chi connectivity index (χ0) is 15.1. The van der Waals surface area contributed by atoms with E-state index in [1.54, 1.807) is 0 Å². The Morgan fingerprint density at radius 2 is 1.90 bits per heavy atom. The number of hydrogen-bond acceptors (Lipinski definition) is 3. The van der Waals surface area contributed by atoms with Gasteiger partial charge in [0.15, 0.2) is 0 Å². The number of nitrogens with one attached hydrogen (secondary N) is 2. The second-order valence-electron chi connectivity index (χ2n) is 5.57. The molecule has 1 rings (SSSR count). The number of aliphatic carboxylic acids is 1. The van der Waals surface area contributed by atoms with Crippen LogP contribution in [0.25, 0.3) is 0 Å². The summed E-state index contributed by atoms with van der Waals surface area (Å²) in [6.45, 7) is 4.47. The molecule has 1 aliphatic carbocycles. The maximum absolute atomic E-state index is 11.9. The normalized spacial score (nSPS) is 13.9. The molecule has 1 aliphatic rings. The monoisotopic (exact) mass is 285 g/mol. The average molecular weight is 285 g/mol. The van der Waals surface area contributed by atoms with E-state index in [0.29, 0.717) is 24.9 Å². The predicted octanol–water partition coefficient (Wildman–Crippen LogP) is 0.265. The van der Waals surface area contributed by atoms with E-state index in [9.17, 15) is 14.4 Å². The van der Waals surface area contributed by atoms with Gasteiger partial charge in [-0.05, 0) is 24.7 Å². The molecule has 0 aromatic heterocycles. The zero-order valence-corrected chi connectivity index (χ0v) is 12.0. The van der Waals surface area contributed by atoms with Crippen LogP contribution < -0.4 is 10.6 Å². The Morgan fingerprint density at radius 1 is 1.25 bits per heavy atom. The Balaban J connectivity index is 2.32. The highest BCUT2D eigenvalue weighted by atomic mass is 16.4. The first-order valence-electron chi connectivity index (χ1n) is 6.89. The SMILES string of the molecule is CC(C)CNC(=O)CNC(=O)N(CC(=O)O)CC1CC1. The number of carboxylic acids is 1. The summed E-state index contributed by atoms with van der Waals surface area (Å²) in [6.07, 6.45) is 2.05. The fraction of sp³-hybridized carbons (Fsp3) is 0.769. The summed E-state index contributed by atoms with van der Waals surface area (Å²) in [6, 6.07) is -0.501. The van der Waals surface area contributed by atoms with Gasteiger partial charge in [0.25, 0.3) is 0 Å². The van der Waals surface area contributed by atoms with Crippen molar-refractivity contribution in [1.29, 1.82) is 0 Å². The third kappa shape index (κ3) is 6.96. The number of hydrogen-bond donors (Lipinski definition) is 3. The van der Waals surface area contributed by atoms with E-state index in [0.717, 1.165) is 12.8 Å². The van der Waals surface area contributed by atoms with E-state index in [4.69, 9.17) is 5.11 Å². The Bertz CT molecular complexity index is 367.